The summed E-state index contributed by atoms with van der Waals surface area (Å²) in [4.78, 5) is 10.6. The third-order valence-electron chi connectivity index (χ3n) is 2.75. The van der Waals surface area contributed by atoms with Crippen molar-refractivity contribution in [1.29, 1.82) is 0 Å². The molecule has 0 fully saturated rings. The van der Waals surface area contributed by atoms with Crippen molar-refractivity contribution in [3.8, 4) is 5.75 Å². The fraction of sp³-hybridized carbons (Fsp3) is 0.133. The van der Waals surface area contributed by atoms with Crippen molar-refractivity contribution in [2.75, 3.05) is 11.9 Å². The number of halogens is 2. The van der Waals surface area contributed by atoms with E-state index in [4.69, 9.17) is 22.1 Å². The maximum Gasteiger partial charge on any atom is 0.255 e. The smallest absolute Gasteiger partial charge is 0.255 e. The molecule has 2 aromatic rings. The van der Waals surface area contributed by atoms with Crippen molar-refractivity contribution in [2.45, 2.75) is 6.54 Å². The monoisotopic (exact) mass is 308 g/mol. The molecule has 0 spiro atoms. The normalized spacial score (nSPS) is 10.2. The van der Waals surface area contributed by atoms with Gasteiger partial charge in [0.25, 0.3) is 5.91 Å². The van der Waals surface area contributed by atoms with Crippen LogP contribution in [0.3, 0.4) is 0 Å². The molecule has 0 aliphatic rings. The molecule has 110 valence electrons. The number of primary amides is 1. The zero-order chi connectivity index (χ0) is 15.2. The van der Waals surface area contributed by atoms with E-state index < -0.39 is 11.7 Å². The predicted octanol–water partition coefficient (Wildman–Crippen LogP) is 2.96. The average Bonchev–Trinajstić information content (AvgIpc) is 2.48. The molecule has 0 aromatic heterocycles. The van der Waals surface area contributed by atoms with E-state index in [9.17, 15) is 9.18 Å². The van der Waals surface area contributed by atoms with Crippen LogP contribution in [0.4, 0.5) is 10.1 Å². The van der Waals surface area contributed by atoms with Gasteiger partial charge >= 0.3 is 0 Å². The van der Waals surface area contributed by atoms with Gasteiger partial charge in [-0.05, 0) is 30.3 Å². The maximum atomic E-state index is 13.7. The molecular weight excluding hydrogens is 295 g/mol. The number of anilines is 1. The molecule has 4 nitrogen and oxygen atoms in total. The van der Waals surface area contributed by atoms with Gasteiger partial charge in [0.1, 0.15) is 11.6 Å². The van der Waals surface area contributed by atoms with Gasteiger partial charge in [0, 0.05) is 17.8 Å². The largest absolute Gasteiger partial charge is 0.484 e. The van der Waals surface area contributed by atoms with Gasteiger partial charge in [0.15, 0.2) is 6.61 Å². The van der Waals surface area contributed by atoms with E-state index in [-0.39, 0.29) is 11.6 Å². The van der Waals surface area contributed by atoms with Gasteiger partial charge in [-0.2, -0.15) is 0 Å². The maximum absolute atomic E-state index is 13.7. The van der Waals surface area contributed by atoms with Gasteiger partial charge in [-0.3, -0.25) is 4.79 Å². The zero-order valence-corrected chi connectivity index (χ0v) is 11.9. The number of nitrogens with two attached hydrogens (primary N) is 1. The number of ether oxygens (including phenoxy) is 1. The number of nitrogens with one attached hydrogen (secondary N) is 1. The van der Waals surface area contributed by atoms with E-state index in [0.717, 1.165) is 5.69 Å². The molecule has 0 heterocycles. The number of carbonyl (C=O) groups excluding carboxylic acids is 1. The topological polar surface area (TPSA) is 64.4 Å². The fourth-order valence-electron chi connectivity index (χ4n) is 1.71. The number of benzene rings is 2. The lowest BCUT2D eigenvalue weighted by Crippen LogP contribution is -2.19. The molecule has 0 saturated heterocycles. The first kappa shape index (κ1) is 15.1. The standard InChI is InChI=1S/C15H14ClFN2O2/c16-13-3-1-2-10(15(13)17)8-19-11-4-6-12(7-5-11)21-9-14(18)20/h1-7,19H,8-9H2,(H2,18,20). The minimum Gasteiger partial charge on any atom is -0.484 e. The highest BCUT2D eigenvalue weighted by Crippen LogP contribution is 2.20. The first-order chi connectivity index (χ1) is 10.1. The Morgan fingerprint density at radius 2 is 1.95 bits per heavy atom. The van der Waals surface area contributed by atoms with Crippen LogP contribution in [0.25, 0.3) is 0 Å². The molecule has 0 bridgehead atoms. The Balaban J connectivity index is 1.94. The highest BCUT2D eigenvalue weighted by molar-refractivity contribution is 6.30. The van der Waals surface area contributed by atoms with Crippen molar-refractivity contribution >= 4 is 23.2 Å². The third-order valence-corrected chi connectivity index (χ3v) is 3.04. The molecule has 0 atom stereocenters. The van der Waals surface area contributed by atoms with Gasteiger partial charge in [-0.1, -0.05) is 23.7 Å². The number of hydrogen-bond acceptors (Lipinski definition) is 3. The number of hydrogen-bond donors (Lipinski definition) is 2. The Hall–Kier alpha value is -2.27. The second-order valence-corrected chi connectivity index (χ2v) is 4.75. The van der Waals surface area contributed by atoms with Gasteiger partial charge < -0.3 is 15.8 Å². The summed E-state index contributed by atoms with van der Waals surface area (Å²) >= 11 is 5.72. The van der Waals surface area contributed by atoms with Crippen molar-refractivity contribution in [1.82, 2.24) is 0 Å². The van der Waals surface area contributed by atoms with Crippen LogP contribution in [0.5, 0.6) is 5.75 Å². The van der Waals surface area contributed by atoms with E-state index >= 15 is 0 Å². The summed E-state index contributed by atoms with van der Waals surface area (Å²) in [5.74, 6) is -0.421. The molecule has 2 rings (SSSR count). The Bertz CT molecular complexity index is 632. The van der Waals surface area contributed by atoms with Crippen LogP contribution in [-0.4, -0.2) is 12.5 Å². The van der Waals surface area contributed by atoms with Gasteiger partial charge in [0.05, 0.1) is 5.02 Å². The van der Waals surface area contributed by atoms with E-state index in [2.05, 4.69) is 5.32 Å². The first-order valence-corrected chi connectivity index (χ1v) is 6.62. The molecular formula is C15H14ClFN2O2. The minimum absolute atomic E-state index is 0.101. The summed E-state index contributed by atoms with van der Waals surface area (Å²) in [6.07, 6.45) is 0. The molecule has 0 aliphatic carbocycles. The Morgan fingerprint density at radius 1 is 1.24 bits per heavy atom. The van der Waals surface area contributed by atoms with Crippen LogP contribution >= 0.6 is 11.6 Å². The Kier molecular flexibility index (Phi) is 5.00. The molecule has 6 heteroatoms. The first-order valence-electron chi connectivity index (χ1n) is 6.24. The molecule has 2 aromatic carbocycles. The number of amides is 1. The number of rotatable bonds is 6. The summed E-state index contributed by atoms with van der Waals surface area (Å²) in [6, 6.07) is 11.8. The molecule has 1 amide bonds. The highest BCUT2D eigenvalue weighted by atomic mass is 35.5. The van der Waals surface area contributed by atoms with Crippen LogP contribution in [-0.2, 0) is 11.3 Å². The van der Waals surface area contributed by atoms with Crippen molar-refractivity contribution in [3.05, 3.63) is 58.9 Å². The molecule has 0 radical (unpaired) electrons. The Morgan fingerprint density at radius 3 is 2.62 bits per heavy atom. The van der Waals surface area contributed by atoms with Crippen molar-refractivity contribution in [2.24, 2.45) is 5.73 Å². The summed E-state index contributed by atoms with van der Waals surface area (Å²) in [5.41, 5.74) is 6.26. The lowest BCUT2D eigenvalue weighted by atomic mass is 10.2. The van der Waals surface area contributed by atoms with Crippen molar-refractivity contribution < 1.29 is 13.9 Å². The van der Waals surface area contributed by atoms with E-state index in [1.165, 1.54) is 6.07 Å². The quantitative estimate of drug-likeness (QED) is 0.862. The lowest BCUT2D eigenvalue weighted by Gasteiger charge is -2.09. The van der Waals surface area contributed by atoms with Gasteiger partial charge in [0.2, 0.25) is 0 Å². The molecule has 0 unspecified atom stereocenters. The molecule has 3 N–H and O–H groups in total. The van der Waals surface area contributed by atoms with E-state index in [1.54, 1.807) is 36.4 Å². The van der Waals surface area contributed by atoms with Crippen molar-refractivity contribution in [3.63, 3.8) is 0 Å². The Labute approximate surface area is 126 Å². The lowest BCUT2D eigenvalue weighted by molar-refractivity contribution is -0.119. The SMILES string of the molecule is NC(=O)COc1ccc(NCc2cccc(Cl)c2F)cc1. The average molecular weight is 309 g/mol. The van der Waals surface area contributed by atoms with Crippen LogP contribution in [0.1, 0.15) is 5.56 Å². The predicted molar refractivity (Wildman–Crippen MR) is 79.9 cm³/mol. The summed E-state index contributed by atoms with van der Waals surface area (Å²) in [7, 11) is 0. The van der Waals surface area contributed by atoms with Crippen LogP contribution in [0, 0.1) is 5.82 Å². The van der Waals surface area contributed by atoms with E-state index in [0.29, 0.717) is 17.9 Å². The van der Waals surface area contributed by atoms with Gasteiger partial charge in [-0.15, -0.1) is 0 Å². The van der Waals surface area contributed by atoms with Crippen LogP contribution in [0.2, 0.25) is 5.02 Å². The summed E-state index contributed by atoms with van der Waals surface area (Å²) in [5, 5.41) is 3.18. The molecule has 21 heavy (non-hydrogen) atoms. The van der Waals surface area contributed by atoms with Crippen LogP contribution < -0.4 is 15.8 Å². The number of carbonyl (C=O) groups is 1. The summed E-state index contributed by atoms with van der Waals surface area (Å²) < 4.78 is 18.8. The highest BCUT2D eigenvalue weighted by Gasteiger charge is 2.05. The third kappa shape index (κ3) is 4.36. The van der Waals surface area contributed by atoms with E-state index in [1.807, 2.05) is 0 Å². The zero-order valence-electron chi connectivity index (χ0n) is 11.1. The molecule has 0 aliphatic heterocycles. The summed E-state index contributed by atoms with van der Waals surface area (Å²) in [6.45, 7) is 0.147. The fourth-order valence-corrected chi connectivity index (χ4v) is 1.90. The van der Waals surface area contributed by atoms with Crippen LogP contribution in [0.15, 0.2) is 42.5 Å². The van der Waals surface area contributed by atoms with Gasteiger partial charge in [-0.25, -0.2) is 4.39 Å². The molecule has 0 saturated carbocycles. The second-order valence-electron chi connectivity index (χ2n) is 4.35. The second kappa shape index (κ2) is 6.95. The minimum atomic E-state index is -0.534.